The van der Waals surface area contributed by atoms with Crippen LogP contribution in [-0.2, 0) is 0 Å². The van der Waals surface area contributed by atoms with Crippen molar-refractivity contribution < 1.29 is 4.42 Å². The molecule has 0 unspecified atom stereocenters. The Morgan fingerprint density at radius 1 is 0.317 bits per heavy atom. The minimum absolute atomic E-state index is 0.592. The third kappa shape index (κ3) is 6.11. The number of furan rings is 1. The molecular weight excluding hydrogens is 747 g/mol. The molecule has 4 nitrogen and oxygen atoms in total. The summed E-state index contributed by atoms with van der Waals surface area (Å²) >= 11 is 0. The van der Waals surface area contributed by atoms with Gasteiger partial charge in [0.2, 0.25) is 0 Å². The van der Waals surface area contributed by atoms with Crippen LogP contribution in [0.3, 0.4) is 0 Å². The van der Waals surface area contributed by atoms with Crippen LogP contribution >= 0.6 is 0 Å². The lowest BCUT2D eigenvalue weighted by Crippen LogP contribution is -2.74. The lowest BCUT2D eigenvalue weighted by Gasteiger charge is -2.34. The van der Waals surface area contributed by atoms with E-state index in [0.29, 0.717) is 17.5 Å². The van der Waals surface area contributed by atoms with Crippen molar-refractivity contribution in [1.82, 2.24) is 15.0 Å². The molecule has 11 aromatic rings. The molecular formula is C55H37N3OSi. The van der Waals surface area contributed by atoms with E-state index in [1.54, 1.807) is 0 Å². The van der Waals surface area contributed by atoms with Crippen molar-refractivity contribution in [2.45, 2.75) is 0 Å². The minimum Gasteiger partial charge on any atom is -0.456 e. The fourth-order valence-electron chi connectivity index (χ4n) is 8.87. The van der Waals surface area contributed by atoms with E-state index in [4.69, 9.17) is 19.4 Å². The van der Waals surface area contributed by atoms with Gasteiger partial charge < -0.3 is 4.42 Å². The van der Waals surface area contributed by atoms with Gasteiger partial charge in [-0.05, 0) is 66.9 Å². The average Bonchev–Trinajstić information content (AvgIpc) is 3.72. The SMILES string of the molecule is c1ccc(-c2ccc3cc(-c4nc(-c5cccc([Si](c6ccccc6)(c6ccccc6)c6ccccc6)c5)nc(-c5cccc6oc7ccccc7c56)n4)ccc3c2)cc1. The number of rotatable bonds is 8. The second kappa shape index (κ2) is 14.9. The molecule has 0 radical (unpaired) electrons. The van der Waals surface area contributed by atoms with Crippen LogP contribution in [0, 0.1) is 0 Å². The van der Waals surface area contributed by atoms with Gasteiger partial charge in [-0.25, -0.2) is 15.0 Å². The summed E-state index contributed by atoms with van der Waals surface area (Å²) in [5.41, 5.74) is 6.74. The molecule has 9 aromatic carbocycles. The molecule has 0 spiro atoms. The Morgan fingerprint density at radius 3 is 1.43 bits per heavy atom. The predicted octanol–water partition coefficient (Wildman–Crippen LogP) is 11.0. The molecule has 0 aliphatic carbocycles. The van der Waals surface area contributed by atoms with Crippen LogP contribution in [0.2, 0.25) is 0 Å². The van der Waals surface area contributed by atoms with Crippen molar-refractivity contribution in [3.63, 3.8) is 0 Å². The molecule has 0 amide bonds. The van der Waals surface area contributed by atoms with Gasteiger partial charge in [-0.15, -0.1) is 0 Å². The lowest BCUT2D eigenvalue weighted by atomic mass is 10.00. The highest BCUT2D eigenvalue weighted by atomic mass is 28.3. The van der Waals surface area contributed by atoms with Crippen LogP contribution in [0.25, 0.3) is 78.0 Å². The molecule has 11 rings (SSSR count). The maximum absolute atomic E-state index is 6.35. The molecule has 60 heavy (non-hydrogen) atoms. The molecule has 2 heterocycles. The molecule has 0 saturated heterocycles. The van der Waals surface area contributed by atoms with Gasteiger partial charge in [0.05, 0.1) is 0 Å². The monoisotopic (exact) mass is 783 g/mol. The van der Waals surface area contributed by atoms with Gasteiger partial charge in [-0.3, -0.25) is 0 Å². The van der Waals surface area contributed by atoms with Crippen molar-refractivity contribution in [2.24, 2.45) is 0 Å². The highest BCUT2D eigenvalue weighted by Crippen LogP contribution is 2.37. The molecule has 0 saturated carbocycles. The third-order valence-corrected chi connectivity index (χ3v) is 16.4. The van der Waals surface area contributed by atoms with Crippen LogP contribution in [0.15, 0.2) is 229 Å². The fourth-order valence-corrected chi connectivity index (χ4v) is 13.7. The Kier molecular flexibility index (Phi) is 8.79. The minimum atomic E-state index is -2.82. The molecule has 0 bridgehead atoms. The topological polar surface area (TPSA) is 51.8 Å². The van der Waals surface area contributed by atoms with Gasteiger partial charge in [-0.1, -0.05) is 200 Å². The predicted molar refractivity (Wildman–Crippen MR) is 250 cm³/mol. The van der Waals surface area contributed by atoms with Gasteiger partial charge in [0.15, 0.2) is 25.5 Å². The van der Waals surface area contributed by atoms with Crippen LogP contribution in [0.4, 0.5) is 0 Å². The van der Waals surface area contributed by atoms with E-state index < -0.39 is 8.07 Å². The van der Waals surface area contributed by atoms with E-state index in [1.165, 1.54) is 31.9 Å². The molecule has 5 heteroatoms. The summed E-state index contributed by atoms with van der Waals surface area (Å²) in [5.74, 6) is 1.81. The van der Waals surface area contributed by atoms with Crippen LogP contribution in [0.5, 0.6) is 0 Å². The number of fused-ring (bicyclic) bond motifs is 4. The Morgan fingerprint density at radius 2 is 0.783 bits per heavy atom. The number of hydrogen-bond acceptors (Lipinski definition) is 4. The van der Waals surface area contributed by atoms with Crippen LogP contribution in [0.1, 0.15) is 0 Å². The van der Waals surface area contributed by atoms with E-state index in [9.17, 15) is 0 Å². The number of hydrogen-bond donors (Lipinski definition) is 0. The van der Waals surface area contributed by atoms with Gasteiger partial charge >= 0.3 is 0 Å². The third-order valence-electron chi connectivity index (χ3n) is 11.7. The highest BCUT2D eigenvalue weighted by Gasteiger charge is 2.41. The Hall–Kier alpha value is -7.73. The Labute approximate surface area is 349 Å². The fraction of sp³-hybridized carbons (Fsp3) is 0. The van der Waals surface area contributed by atoms with Gasteiger partial charge in [0.1, 0.15) is 11.2 Å². The zero-order chi connectivity index (χ0) is 39.9. The quantitative estimate of drug-likeness (QED) is 0.114. The van der Waals surface area contributed by atoms with E-state index in [1.807, 2.05) is 36.4 Å². The van der Waals surface area contributed by atoms with E-state index >= 15 is 0 Å². The van der Waals surface area contributed by atoms with Gasteiger partial charge in [0.25, 0.3) is 0 Å². The van der Waals surface area contributed by atoms with E-state index in [-0.39, 0.29) is 0 Å². The zero-order valence-corrected chi connectivity index (χ0v) is 33.6. The molecule has 0 fully saturated rings. The molecule has 0 aliphatic heterocycles. The standard InChI is InChI=1S/C55H37N3OSi/c1-5-17-38(18-6-1)39-31-32-41-36-43(34-33-40(41)35-39)54-56-53(57-55(58-54)49-28-16-30-51-52(49)48-27-13-14-29-50(48)59-51)42-19-15-26-47(37-42)60(44-20-7-2-8-21-44,45-22-9-3-10-23-45)46-24-11-4-12-25-46/h1-37H. The normalized spacial score (nSPS) is 11.7. The first kappa shape index (κ1) is 35.4. The molecule has 0 aliphatic rings. The van der Waals surface area contributed by atoms with Crippen molar-refractivity contribution in [2.75, 3.05) is 0 Å². The lowest BCUT2D eigenvalue weighted by molar-refractivity contribution is 0.669. The van der Waals surface area contributed by atoms with Crippen molar-refractivity contribution >= 4 is 61.5 Å². The second-order valence-electron chi connectivity index (χ2n) is 15.2. The van der Waals surface area contributed by atoms with Crippen LogP contribution < -0.4 is 20.7 Å². The first-order valence-electron chi connectivity index (χ1n) is 20.3. The second-order valence-corrected chi connectivity index (χ2v) is 19.0. The summed E-state index contributed by atoms with van der Waals surface area (Å²) < 4.78 is 6.35. The smallest absolute Gasteiger partial charge is 0.179 e. The number of benzene rings is 9. The Bertz CT molecular complexity index is 3220. The van der Waals surface area contributed by atoms with Crippen LogP contribution in [-0.4, -0.2) is 23.0 Å². The molecule has 282 valence electrons. The largest absolute Gasteiger partial charge is 0.456 e. The highest BCUT2D eigenvalue weighted by molar-refractivity contribution is 7.19. The average molecular weight is 784 g/mol. The van der Waals surface area contributed by atoms with E-state index in [0.717, 1.165) is 49.4 Å². The first-order chi connectivity index (χ1) is 29.7. The number of aromatic nitrogens is 3. The van der Waals surface area contributed by atoms with Crippen molar-refractivity contribution in [3.05, 3.63) is 224 Å². The molecule has 0 atom stereocenters. The Balaban J connectivity index is 1.13. The molecule has 2 aromatic heterocycles. The summed E-state index contributed by atoms with van der Waals surface area (Å²) in [6, 6.07) is 79.8. The zero-order valence-electron chi connectivity index (χ0n) is 32.6. The van der Waals surface area contributed by atoms with Crippen molar-refractivity contribution in [1.29, 1.82) is 0 Å². The number of nitrogens with zero attached hydrogens (tertiary/aromatic N) is 3. The number of para-hydroxylation sites is 1. The summed E-state index contributed by atoms with van der Waals surface area (Å²) in [6.07, 6.45) is 0. The first-order valence-corrected chi connectivity index (χ1v) is 22.3. The molecule has 0 N–H and O–H groups in total. The maximum Gasteiger partial charge on any atom is 0.179 e. The maximum atomic E-state index is 6.35. The van der Waals surface area contributed by atoms with Gasteiger partial charge in [0, 0.05) is 27.5 Å². The summed E-state index contributed by atoms with van der Waals surface area (Å²) in [5, 5.41) is 9.45. The van der Waals surface area contributed by atoms with Crippen molar-refractivity contribution in [3.8, 4) is 45.3 Å². The van der Waals surface area contributed by atoms with E-state index in [2.05, 4.69) is 188 Å². The van der Waals surface area contributed by atoms with Gasteiger partial charge in [-0.2, -0.15) is 0 Å². The summed E-state index contributed by atoms with van der Waals surface area (Å²) in [4.78, 5) is 15.9. The summed E-state index contributed by atoms with van der Waals surface area (Å²) in [6.45, 7) is 0. The summed E-state index contributed by atoms with van der Waals surface area (Å²) in [7, 11) is -2.82.